The average Bonchev–Trinajstić information content (AvgIpc) is 2.63. The zero-order valence-corrected chi connectivity index (χ0v) is 10.5. The van der Waals surface area contributed by atoms with Crippen molar-refractivity contribution in [3.05, 3.63) is 46.5 Å². The van der Waals surface area contributed by atoms with Gasteiger partial charge in [0.15, 0.2) is 5.13 Å². The summed E-state index contributed by atoms with van der Waals surface area (Å²) in [6.07, 6.45) is 0.820. The van der Waals surface area contributed by atoms with Crippen LogP contribution in [-0.2, 0) is 17.6 Å². The summed E-state index contributed by atoms with van der Waals surface area (Å²) in [6.45, 7) is 2.02. The Balaban J connectivity index is 1.98. The molecule has 2 N–H and O–H groups in total. The van der Waals surface area contributed by atoms with Gasteiger partial charge in [-0.15, -0.1) is 11.3 Å². The van der Waals surface area contributed by atoms with Gasteiger partial charge in [-0.1, -0.05) is 29.8 Å². The molecule has 0 saturated carbocycles. The van der Waals surface area contributed by atoms with Crippen LogP contribution in [0.1, 0.15) is 16.8 Å². The van der Waals surface area contributed by atoms with E-state index in [2.05, 4.69) is 4.98 Å². The molecule has 0 saturated heterocycles. The maximum atomic E-state index is 11.8. The van der Waals surface area contributed by atoms with Crippen LogP contribution in [0, 0.1) is 6.92 Å². The van der Waals surface area contributed by atoms with Crippen molar-refractivity contribution in [1.82, 2.24) is 4.98 Å². The van der Waals surface area contributed by atoms with E-state index in [1.54, 1.807) is 0 Å². The number of benzene rings is 1. The first-order valence-corrected chi connectivity index (χ1v) is 6.28. The molecule has 1 aromatic heterocycles. The number of hydrogen-bond donors (Lipinski definition) is 1. The highest BCUT2D eigenvalue weighted by molar-refractivity contribution is 7.13. The van der Waals surface area contributed by atoms with E-state index in [1.165, 1.54) is 16.9 Å². The summed E-state index contributed by atoms with van der Waals surface area (Å²) in [5.74, 6) is 0.168. The normalized spacial score (nSPS) is 10.4. The number of thiazole rings is 1. The van der Waals surface area contributed by atoms with Crippen molar-refractivity contribution < 1.29 is 4.79 Å². The third kappa shape index (κ3) is 3.39. The first-order chi connectivity index (χ1) is 8.13. The molecule has 2 aromatic rings. The summed E-state index contributed by atoms with van der Waals surface area (Å²) in [4.78, 5) is 15.9. The van der Waals surface area contributed by atoms with Crippen molar-refractivity contribution in [1.29, 1.82) is 0 Å². The average molecular weight is 246 g/mol. The lowest BCUT2D eigenvalue weighted by Crippen LogP contribution is -2.07. The molecule has 17 heavy (non-hydrogen) atoms. The minimum absolute atomic E-state index is 0.168. The number of carbonyl (C=O) groups is 1. The van der Waals surface area contributed by atoms with E-state index in [1.807, 2.05) is 36.6 Å². The van der Waals surface area contributed by atoms with Gasteiger partial charge in [-0.05, 0) is 12.5 Å². The van der Waals surface area contributed by atoms with E-state index in [-0.39, 0.29) is 5.78 Å². The number of nitrogens with zero attached hydrogens (tertiary/aromatic N) is 1. The van der Waals surface area contributed by atoms with Crippen LogP contribution in [0.25, 0.3) is 0 Å². The Morgan fingerprint density at radius 2 is 2.24 bits per heavy atom. The number of hydrogen-bond acceptors (Lipinski definition) is 4. The minimum atomic E-state index is 0.168. The Kier molecular flexibility index (Phi) is 3.54. The van der Waals surface area contributed by atoms with Crippen LogP contribution in [0.2, 0.25) is 0 Å². The Hall–Kier alpha value is -1.68. The molecule has 0 aliphatic rings. The molecule has 1 aromatic carbocycles. The number of nitrogens with two attached hydrogens (primary N) is 1. The second-order valence-corrected chi connectivity index (χ2v) is 4.95. The number of aryl methyl sites for hydroxylation is 1. The molecule has 4 heteroatoms. The molecule has 0 amide bonds. The largest absolute Gasteiger partial charge is 0.375 e. The molecule has 0 aliphatic heterocycles. The second-order valence-electron chi connectivity index (χ2n) is 4.06. The summed E-state index contributed by atoms with van der Waals surface area (Å²) in [6, 6.07) is 8.00. The zero-order chi connectivity index (χ0) is 12.3. The van der Waals surface area contributed by atoms with Crippen LogP contribution in [0.3, 0.4) is 0 Å². The Morgan fingerprint density at radius 3 is 2.88 bits per heavy atom. The number of ketones is 1. The van der Waals surface area contributed by atoms with Crippen molar-refractivity contribution in [2.45, 2.75) is 19.8 Å². The molecule has 1 heterocycles. The first-order valence-electron chi connectivity index (χ1n) is 5.40. The summed E-state index contributed by atoms with van der Waals surface area (Å²) in [7, 11) is 0. The maximum absolute atomic E-state index is 11.8. The van der Waals surface area contributed by atoms with E-state index in [0.29, 0.717) is 18.0 Å². The topological polar surface area (TPSA) is 56.0 Å². The summed E-state index contributed by atoms with van der Waals surface area (Å²) in [5.41, 5.74) is 8.52. The van der Waals surface area contributed by atoms with E-state index in [4.69, 9.17) is 5.73 Å². The van der Waals surface area contributed by atoms with Gasteiger partial charge in [-0.3, -0.25) is 4.79 Å². The molecular formula is C13H14N2OS. The van der Waals surface area contributed by atoms with Gasteiger partial charge in [0.1, 0.15) is 5.78 Å². The molecular weight excluding hydrogens is 232 g/mol. The third-order valence-electron chi connectivity index (χ3n) is 2.43. The lowest BCUT2D eigenvalue weighted by molar-refractivity contribution is -0.117. The van der Waals surface area contributed by atoms with Gasteiger partial charge in [0.05, 0.1) is 5.69 Å². The monoisotopic (exact) mass is 246 g/mol. The van der Waals surface area contributed by atoms with Crippen molar-refractivity contribution in [2.75, 3.05) is 5.73 Å². The molecule has 0 aliphatic carbocycles. The van der Waals surface area contributed by atoms with Crippen LogP contribution in [0.4, 0.5) is 5.13 Å². The summed E-state index contributed by atoms with van der Waals surface area (Å²) >= 11 is 1.37. The summed E-state index contributed by atoms with van der Waals surface area (Å²) < 4.78 is 0. The molecule has 0 bridgehead atoms. The van der Waals surface area contributed by atoms with Crippen molar-refractivity contribution in [3.8, 4) is 0 Å². The lowest BCUT2D eigenvalue weighted by atomic mass is 10.0. The van der Waals surface area contributed by atoms with E-state index in [0.717, 1.165) is 11.3 Å². The van der Waals surface area contributed by atoms with E-state index >= 15 is 0 Å². The molecule has 0 atom stereocenters. The number of anilines is 1. The molecule has 0 fully saturated rings. The highest BCUT2D eigenvalue weighted by Crippen LogP contribution is 2.13. The lowest BCUT2D eigenvalue weighted by Gasteiger charge is -2.01. The molecule has 2 rings (SSSR count). The highest BCUT2D eigenvalue weighted by atomic mass is 32.1. The van der Waals surface area contributed by atoms with Crippen molar-refractivity contribution in [2.24, 2.45) is 0 Å². The Labute approximate surface area is 104 Å². The fraction of sp³-hybridized carbons (Fsp3) is 0.231. The molecule has 3 nitrogen and oxygen atoms in total. The fourth-order valence-corrected chi connectivity index (χ4v) is 2.28. The third-order valence-corrected chi connectivity index (χ3v) is 3.15. The smallest absolute Gasteiger partial charge is 0.180 e. The predicted octanol–water partition coefficient (Wildman–Crippen LogP) is 2.39. The van der Waals surface area contributed by atoms with Gasteiger partial charge in [0, 0.05) is 18.2 Å². The van der Waals surface area contributed by atoms with Gasteiger partial charge in [0.25, 0.3) is 0 Å². The van der Waals surface area contributed by atoms with Crippen molar-refractivity contribution in [3.63, 3.8) is 0 Å². The van der Waals surface area contributed by atoms with Crippen molar-refractivity contribution >= 4 is 22.3 Å². The van der Waals surface area contributed by atoms with E-state index < -0.39 is 0 Å². The highest BCUT2D eigenvalue weighted by Gasteiger charge is 2.07. The fourth-order valence-electron chi connectivity index (χ4n) is 1.72. The Morgan fingerprint density at radius 1 is 1.41 bits per heavy atom. The first kappa shape index (κ1) is 11.8. The van der Waals surface area contributed by atoms with Gasteiger partial charge < -0.3 is 5.73 Å². The zero-order valence-electron chi connectivity index (χ0n) is 9.64. The van der Waals surface area contributed by atoms with Crippen LogP contribution in [-0.4, -0.2) is 10.8 Å². The number of Topliss-reactive ketones (excluding diaryl/α,β-unsaturated/α-hetero) is 1. The number of carbonyl (C=O) groups excluding carboxylic acids is 1. The molecule has 0 unspecified atom stereocenters. The molecule has 0 radical (unpaired) electrons. The van der Waals surface area contributed by atoms with Gasteiger partial charge in [-0.2, -0.15) is 0 Å². The predicted molar refractivity (Wildman–Crippen MR) is 70.1 cm³/mol. The van der Waals surface area contributed by atoms with Gasteiger partial charge in [0.2, 0.25) is 0 Å². The van der Waals surface area contributed by atoms with Gasteiger partial charge >= 0.3 is 0 Å². The number of rotatable bonds is 4. The Bertz CT molecular complexity index is 534. The van der Waals surface area contributed by atoms with Crippen LogP contribution in [0.15, 0.2) is 29.6 Å². The minimum Gasteiger partial charge on any atom is -0.375 e. The number of nitrogen functional groups attached to an aromatic ring is 1. The van der Waals surface area contributed by atoms with Crippen LogP contribution >= 0.6 is 11.3 Å². The SMILES string of the molecule is Cc1cccc(CC(=O)Cc2csc(N)n2)c1. The molecule has 88 valence electrons. The second kappa shape index (κ2) is 5.10. The number of aromatic nitrogens is 1. The molecule has 0 spiro atoms. The van der Waals surface area contributed by atoms with Crippen LogP contribution in [0.5, 0.6) is 0 Å². The quantitative estimate of drug-likeness (QED) is 0.901. The summed E-state index contributed by atoms with van der Waals surface area (Å²) in [5, 5.41) is 2.35. The standard InChI is InChI=1S/C13H14N2OS/c1-9-3-2-4-10(5-9)6-12(16)7-11-8-17-13(14)15-11/h2-5,8H,6-7H2,1H3,(H2,14,15). The van der Waals surface area contributed by atoms with Crippen LogP contribution < -0.4 is 5.73 Å². The van der Waals surface area contributed by atoms with Gasteiger partial charge in [-0.25, -0.2) is 4.98 Å². The maximum Gasteiger partial charge on any atom is 0.180 e. The van der Waals surface area contributed by atoms with E-state index in [9.17, 15) is 4.79 Å².